The van der Waals surface area contributed by atoms with Crippen LogP contribution in [0.3, 0.4) is 0 Å². The fraction of sp³-hybridized carbons (Fsp3) is 0.120. The average molecular weight is 431 g/mol. The summed E-state index contributed by atoms with van der Waals surface area (Å²) in [7, 11) is 0. The third-order valence-electron chi connectivity index (χ3n) is 4.56. The van der Waals surface area contributed by atoms with Gasteiger partial charge in [0.25, 0.3) is 0 Å². The first-order valence-electron chi connectivity index (χ1n) is 9.78. The van der Waals surface area contributed by atoms with Crippen LogP contribution in [0.15, 0.2) is 66.7 Å². The van der Waals surface area contributed by atoms with E-state index < -0.39 is 0 Å². The first-order valence-corrected chi connectivity index (χ1v) is 10.6. The van der Waals surface area contributed by atoms with E-state index in [4.69, 9.17) is 9.47 Å². The summed E-state index contributed by atoms with van der Waals surface area (Å²) in [5, 5.41) is 10.4. The molecule has 0 aliphatic heterocycles. The molecule has 0 saturated heterocycles. The van der Waals surface area contributed by atoms with Crippen molar-refractivity contribution in [3.8, 4) is 17.6 Å². The lowest BCUT2D eigenvalue weighted by molar-refractivity contribution is 0.266. The maximum atomic E-state index is 13.9. The van der Waals surface area contributed by atoms with Crippen molar-refractivity contribution in [1.29, 1.82) is 5.26 Å². The molecule has 4 rings (SSSR count). The number of nitrogens with zero attached hydrogens (tertiary/aromatic N) is 2. The highest BCUT2D eigenvalue weighted by Gasteiger charge is 2.11. The number of thiazole rings is 1. The zero-order valence-corrected chi connectivity index (χ0v) is 17.7. The molecule has 0 radical (unpaired) electrons. The van der Waals surface area contributed by atoms with Gasteiger partial charge >= 0.3 is 0 Å². The number of halogens is 1. The molecule has 3 aromatic carbocycles. The van der Waals surface area contributed by atoms with E-state index in [1.54, 1.807) is 30.3 Å². The SMILES string of the molecule is CCOc1cc(C=C(C#N)c2nc3ccccc3s2)ccc1OCc1ccccc1F. The molecule has 1 heterocycles. The van der Waals surface area contributed by atoms with Gasteiger partial charge in [-0.25, -0.2) is 9.37 Å². The van der Waals surface area contributed by atoms with Crippen molar-refractivity contribution < 1.29 is 13.9 Å². The van der Waals surface area contributed by atoms with Crippen LogP contribution in [-0.4, -0.2) is 11.6 Å². The first kappa shape index (κ1) is 20.6. The number of hydrogen-bond acceptors (Lipinski definition) is 5. The molecule has 154 valence electrons. The van der Waals surface area contributed by atoms with Gasteiger partial charge in [-0.1, -0.05) is 36.4 Å². The van der Waals surface area contributed by atoms with Crippen LogP contribution in [-0.2, 0) is 6.61 Å². The van der Waals surface area contributed by atoms with Gasteiger partial charge in [-0.15, -0.1) is 11.3 Å². The van der Waals surface area contributed by atoms with Crippen molar-refractivity contribution in [2.75, 3.05) is 6.61 Å². The number of hydrogen-bond donors (Lipinski definition) is 0. The summed E-state index contributed by atoms with van der Waals surface area (Å²) in [6.07, 6.45) is 1.78. The molecule has 6 heteroatoms. The zero-order valence-electron chi connectivity index (χ0n) is 16.8. The average Bonchev–Trinajstić information content (AvgIpc) is 3.22. The Morgan fingerprint density at radius 1 is 1.06 bits per heavy atom. The van der Waals surface area contributed by atoms with Crippen molar-refractivity contribution in [3.05, 3.63) is 88.7 Å². The summed E-state index contributed by atoms with van der Waals surface area (Å²) in [5.74, 6) is 0.740. The van der Waals surface area contributed by atoms with Gasteiger partial charge in [0.1, 0.15) is 23.5 Å². The van der Waals surface area contributed by atoms with Crippen LogP contribution in [0.5, 0.6) is 11.5 Å². The van der Waals surface area contributed by atoms with E-state index in [0.29, 0.717) is 34.3 Å². The number of aromatic nitrogens is 1. The lowest BCUT2D eigenvalue weighted by Gasteiger charge is -2.13. The molecule has 4 aromatic rings. The number of fused-ring (bicyclic) bond motifs is 1. The summed E-state index contributed by atoms with van der Waals surface area (Å²) in [5.41, 5.74) is 2.60. The highest BCUT2D eigenvalue weighted by molar-refractivity contribution is 7.19. The molecule has 0 fully saturated rings. The van der Waals surface area contributed by atoms with Crippen LogP contribution in [0.4, 0.5) is 4.39 Å². The van der Waals surface area contributed by atoms with E-state index in [1.807, 2.05) is 43.3 Å². The predicted molar refractivity (Wildman–Crippen MR) is 121 cm³/mol. The summed E-state index contributed by atoms with van der Waals surface area (Å²) in [6.45, 7) is 2.42. The minimum absolute atomic E-state index is 0.0943. The molecule has 0 amide bonds. The second-order valence-corrected chi connectivity index (χ2v) is 7.71. The van der Waals surface area contributed by atoms with Gasteiger partial charge in [0, 0.05) is 5.56 Å². The smallest absolute Gasteiger partial charge is 0.161 e. The summed E-state index contributed by atoms with van der Waals surface area (Å²) in [6, 6.07) is 22.0. The third-order valence-corrected chi connectivity index (χ3v) is 5.63. The molecule has 31 heavy (non-hydrogen) atoms. The first-order chi connectivity index (χ1) is 15.2. The highest BCUT2D eigenvalue weighted by atomic mass is 32.1. The van der Waals surface area contributed by atoms with E-state index in [2.05, 4.69) is 11.1 Å². The Balaban J connectivity index is 1.61. The Morgan fingerprint density at radius 2 is 1.87 bits per heavy atom. The third kappa shape index (κ3) is 4.73. The summed E-state index contributed by atoms with van der Waals surface area (Å²) < 4.78 is 26.4. The van der Waals surface area contributed by atoms with E-state index >= 15 is 0 Å². The fourth-order valence-corrected chi connectivity index (χ4v) is 4.00. The molecule has 0 atom stereocenters. The number of ether oxygens (including phenoxy) is 2. The van der Waals surface area contributed by atoms with Crippen LogP contribution in [0.1, 0.15) is 23.1 Å². The van der Waals surface area contributed by atoms with Gasteiger partial charge < -0.3 is 9.47 Å². The maximum Gasteiger partial charge on any atom is 0.161 e. The Hall–Kier alpha value is -3.69. The van der Waals surface area contributed by atoms with Gasteiger partial charge in [-0.3, -0.25) is 0 Å². The molecule has 0 saturated carbocycles. The molecular weight excluding hydrogens is 411 g/mol. The Morgan fingerprint density at radius 3 is 2.65 bits per heavy atom. The topological polar surface area (TPSA) is 55.1 Å². The number of benzene rings is 3. The van der Waals surface area contributed by atoms with Crippen molar-refractivity contribution in [3.63, 3.8) is 0 Å². The molecule has 0 bridgehead atoms. The quantitative estimate of drug-likeness (QED) is 0.315. The van der Waals surface area contributed by atoms with Crippen molar-refractivity contribution >= 4 is 33.2 Å². The Bertz CT molecular complexity index is 1260. The van der Waals surface area contributed by atoms with E-state index in [-0.39, 0.29) is 12.4 Å². The van der Waals surface area contributed by atoms with Gasteiger partial charge in [0.15, 0.2) is 11.5 Å². The van der Waals surface area contributed by atoms with Gasteiger partial charge in [0.05, 0.1) is 22.4 Å². The second-order valence-electron chi connectivity index (χ2n) is 6.68. The van der Waals surface area contributed by atoms with Crippen LogP contribution in [0.2, 0.25) is 0 Å². The van der Waals surface area contributed by atoms with E-state index in [1.165, 1.54) is 17.4 Å². The number of nitriles is 1. The van der Waals surface area contributed by atoms with Gasteiger partial charge in [-0.05, 0) is 48.9 Å². The maximum absolute atomic E-state index is 13.9. The van der Waals surface area contributed by atoms with Crippen LogP contribution in [0, 0.1) is 17.1 Å². The monoisotopic (exact) mass is 430 g/mol. The largest absolute Gasteiger partial charge is 0.490 e. The molecule has 1 aromatic heterocycles. The van der Waals surface area contributed by atoms with Crippen molar-refractivity contribution in [2.45, 2.75) is 13.5 Å². The molecule has 0 aliphatic rings. The van der Waals surface area contributed by atoms with E-state index in [9.17, 15) is 9.65 Å². The van der Waals surface area contributed by atoms with Gasteiger partial charge in [-0.2, -0.15) is 5.26 Å². The minimum atomic E-state index is -0.311. The number of para-hydroxylation sites is 1. The van der Waals surface area contributed by atoms with Gasteiger partial charge in [0.2, 0.25) is 0 Å². The van der Waals surface area contributed by atoms with Crippen molar-refractivity contribution in [2.24, 2.45) is 0 Å². The molecule has 0 spiro atoms. The van der Waals surface area contributed by atoms with Crippen molar-refractivity contribution in [1.82, 2.24) is 4.98 Å². The predicted octanol–water partition coefficient (Wildman–Crippen LogP) is 6.48. The fourth-order valence-electron chi connectivity index (χ4n) is 3.07. The van der Waals surface area contributed by atoms with Crippen LogP contribution in [0.25, 0.3) is 21.9 Å². The molecule has 0 unspecified atom stereocenters. The molecule has 0 N–H and O–H groups in total. The standard InChI is InChI=1S/C25H19FN2O2S/c1-2-29-23-14-17(11-12-22(23)30-16-18-7-3-4-8-20(18)26)13-19(15-27)25-28-21-9-5-6-10-24(21)31-25/h3-14H,2,16H2,1H3. The highest BCUT2D eigenvalue weighted by Crippen LogP contribution is 2.32. The lowest BCUT2D eigenvalue weighted by atomic mass is 10.1. The summed E-state index contributed by atoms with van der Waals surface area (Å²) >= 11 is 1.48. The van der Waals surface area contributed by atoms with E-state index in [0.717, 1.165) is 15.8 Å². The normalized spacial score (nSPS) is 11.3. The Kier molecular flexibility index (Phi) is 6.25. The van der Waals surface area contributed by atoms with Crippen LogP contribution < -0.4 is 9.47 Å². The number of allylic oxidation sites excluding steroid dienone is 1. The molecular formula is C25H19FN2O2S. The minimum Gasteiger partial charge on any atom is -0.490 e. The summed E-state index contributed by atoms with van der Waals surface area (Å²) in [4.78, 5) is 4.56. The molecule has 0 aliphatic carbocycles. The number of rotatable bonds is 7. The zero-order chi connectivity index (χ0) is 21.6. The second kappa shape index (κ2) is 9.41. The lowest BCUT2D eigenvalue weighted by Crippen LogP contribution is -2.01. The molecule has 4 nitrogen and oxygen atoms in total. The Labute approximate surface area is 183 Å². The van der Waals surface area contributed by atoms with Crippen LogP contribution >= 0.6 is 11.3 Å².